The molecule has 0 aliphatic carbocycles. The third-order valence-corrected chi connectivity index (χ3v) is 5.16. The molecule has 0 aliphatic rings. The number of unbranched alkanes of at least 4 members (excludes halogenated alkanes) is 5. The van der Waals surface area contributed by atoms with Crippen LogP contribution in [0.4, 0.5) is 0 Å². The van der Waals surface area contributed by atoms with Gasteiger partial charge in [-0.2, -0.15) is 0 Å². The molecule has 1 atom stereocenters. The molecule has 1 aromatic carbocycles. The van der Waals surface area contributed by atoms with E-state index in [1.807, 2.05) is 43.5 Å². The molecule has 0 saturated carbocycles. The Hall–Kier alpha value is -2.54. The summed E-state index contributed by atoms with van der Waals surface area (Å²) in [5, 5.41) is 8.82. The van der Waals surface area contributed by atoms with E-state index in [4.69, 9.17) is 10.5 Å². The van der Waals surface area contributed by atoms with Crippen molar-refractivity contribution in [1.82, 2.24) is 16.0 Å². The van der Waals surface area contributed by atoms with Crippen LogP contribution in [-0.4, -0.2) is 44.2 Å². The van der Waals surface area contributed by atoms with Crippen LogP contribution in [0.25, 0.3) is 0 Å². The van der Waals surface area contributed by atoms with Gasteiger partial charge in [0, 0.05) is 31.8 Å². The second-order valence-electron chi connectivity index (χ2n) is 8.53. The van der Waals surface area contributed by atoms with Crippen LogP contribution in [0.3, 0.4) is 0 Å². The quantitative estimate of drug-likeness (QED) is 0.237. The van der Waals surface area contributed by atoms with Gasteiger partial charge < -0.3 is 26.4 Å². The summed E-state index contributed by atoms with van der Waals surface area (Å²) < 4.78 is 5.58. The van der Waals surface area contributed by atoms with Gasteiger partial charge in [0.25, 0.3) is 0 Å². The van der Waals surface area contributed by atoms with Gasteiger partial charge in [0.05, 0.1) is 18.8 Å². The summed E-state index contributed by atoms with van der Waals surface area (Å²) in [5.41, 5.74) is 7.77. The summed E-state index contributed by atoms with van der Waals surface area (Å²) in [6.45, 7) is 6.25. The van der Waals surface area contributed by atoms with E-state index in [2.05, 4.69) is 22.9 Å². The maximum atomic E-state index is 12.0. The van der Waals surface area contributed by atoms with E-state index in [9.17, 15) is 9.59 Å². The number of carbonyl (C=O) groups is 2. The molecule has 33 heavy (non-hydrogen) atoms. The molecule has 7 nitrogen and oxygen atoms in total. The highest BCUT2D eigenvalue weighted by molar-refractivity contribution is 5.84. The molecular formula is C26H44N4O3. The maximum absolute atomic E-state index is 12.0. The summed E-state index contributed by atoms with van der Waals surface area (Å²) in [5.74, 6) is -0.224. The Bertz CT molecular complexity index is 679. The third kappa shape index (κ3) is 16.7. The zero-order chi connectivity index (χ0) is 24.2. The Kier molecular flexibility index (Phi) is 16.4. The van der Waals surface area contributed by atoms with Crippen molar-refractivity contribution in [3.63, 3.8) is 0 Å². The lowest BCUT2D eigenvalue weighted by Crippen LogP contribution is -2.41. The molecule has 0 spiro atoms. The molecular weight excluding hydrogens is 416 g/mol. The number of amides is 2. The molecule has 1 aromatic rings. The first-order chi connectivity index (χ1) is 16.0. The Morgan fingerprint density at radius 2 is 1.76 bits per heavy atom. The van der Waals surface area contributed by atoms with E-state index in [0.717, 1.165) is 63.6 Å². The van der Waals surface area contributed by atoms with Crippen LogP contribution < -0.4 is 21.7 Å². The topological polar surface area (TPSA) is 105 Å². The first-order valence-electron chi connectivity index (χ1n) is 12.4. The van der Waals surface area contributed by atoms with Gasteiger partial charge in [-0.15, -0.1) is 0 Å². The highest BCUT2D eigenvalue weighted by atomic mass is 16.5. The lowest BCUT2D eigenvalue weighted by molar-refractivity contribution is -0.126. The first kappa shape index (κ1) is 28.5. The Balaban J connectivity index is 1.94. The molecule has 7 heteroatoms. The third-order valence-electron chi connectivity index (χ3n) is 5.16. The van der Waals surface area contributed by atoms with E-state index < -0.39 is 0 Å². The fourth-order valence-electron chi connectivity index (χ4n) is 3.35. The van der Waals surface area contributed by atoms with Crippen LogP contribution in [0.1, 0.15) is 70.8 Å². The van der Waals surface area contributed by atoms with Gasteiger partial charge in [0.1, 0.15) is 0 Å². The number of hydrogen-bond acceptors (Lipinski definition) is 5. The normalized spacial score (nSPS) is 12.2. The average Bonchev–Trinajstić information content (AvgIpc) is 2.80. The largest absolute Gasteiger partial charge is 0.399 e. The van der Waals surface area contributed by atoms with Gasteiger partial charge in [-0.1, -0.05) is 62.9 Å². The molecule has 2 amide bonds. The van der Waals surface area contributed by atoms with Gasteiger partial charge in [-0.25, -0.2) is 0 Å². The first-order valence-corrected chi connectivity index (χ1v) is 12.4. The van der Waals surface area contributed by atoms with Crippen molar-refractivity contribution in [1.29, 1.82) is 0 Å². The second kappa shape index (κ2) is 19.0. The molecule has 1 rings (SSSR count). The summed E-state index contributed by atoms with van der Waals surface area (Å²) in [6.07, 6.45) is 10.3. The van der Waals surface area contributed by atoms with Gasteiger partial charge in [-0.3, -0.25) is 9.59 Å². The Labute approximate surface area is 199 Å². The van der Waals surface area contributed by atoms with Crippen LogP contribution in [-0.2, 0) is 20.7 Å². The summed E-state index contributed by atoms with van der Waals surface area (Å²) in [4.78, 5) is 24.0. The molecule has 1 unspecified atom stereocenters. The summed E-state index contributed by atoms with van der Waals surface area (Å²) in [7, 11) is 0. The molecule has 0 heterocycles. The molecule has 0 aromatic heterocycles. The van der Waals surface area contributed by atoms with Crippen molar-refractivity contribution in [2.45, 2.75) is 77.7 Å². The van der Waals surface area contributed by atoms with Crippen LogP contribution in [0.15, 0.2) is 42.2 Å². The van der Waals surface area contributed by atoms with E-state index in [1.54, 1.807) is 0 Å². The van der Waals surface area contributed by atoms with Crippen molar-refractivity contribution >= 4 is 11.8 Å². The SMILES string of the molecule is CCCCN/C=C(\N)COCCCCCCCC(=O)NCC(=O)NC(C)Cc1ccccc1. The monoisotopic (exact) mass is 460 g/mol. The molecule has 186 valence electrons. The highest BCUT2D eigenvalue weighted by Crippen LogP contribution is 2.06. The van der Waals surface area contributed by atoms with Crippen molar-refractivity contribution in [2.75, 3.05) is 26.3 Å². The van der Waals surface area contributed by atoms with Crippen LogP contribution in [0, 0.1) is 0 Å². The van der Waals surface area contributed by atoms with Gasteiger partial charge in [0.15, 0.2) is 0 Å². The van der Waals surface area contributed by atoms with Gasteiger partial charge >= 0.3 is 0 Å². The minimum absolute atomic E-state index is 0.0238. The van der Waals surface area contributed by atoms with Crippen LogP contribution in [0.5, 0.6) is 0 Å². The maximum Gasteiger partial charge on any atom is 0.239 e. The average molecular weight is 461 g/mol. The molecule has 5 N–H and O–H groups in total. The molecule has 0 radical (unpaired) electrons. The lowest BCUT2D eigenvalue weighted by Gasteiger charge is -2.14. The van der Waals surface area contributed by atoms with Crippen molar-refractivity contribution in [2.24, 2.45) is 5.73 Å². The minimum Gasteiger partial charge on any atom is -0.399 e. The van der Waals surface area contributed by atoms with E-state index >= 15 is 0 Å². The van der Waals surface area contributed by atoms with Gasteiger partial charge in [-0.05, 0) is 38.2 Å². The Morgan fingerprint density at radius 3 is 2.52 bits per heavy atom. The van der Waals surface area contributed by atoms with E-state index in [-0.39, 0.29) is 24.4 Å². The number of ether oxygens (including phenoxy) is 1. The molecule has 0 saturated heterocycles. The van der Waals surface area contributed by atoms with E-state index in [0.29, 0.717) is 19.6 Å². The molecule has 0 bridgehead atoms. The summed E-state index contributed by atoms with van der Waals surface area (Å²) in [6, 6.07) is 10.1. The number of hydrogen-bond donors (Lipinski definition) is 4. The fourth-order valence-corrected chi connectivity index (χ4v) is 3.35. The highest BCUT2D eigenvalue weighted by Gasteiger charge is 2.09. The minimum atomic E-state index is -0.154. The predicted octanol–water partition coefficient (Wildman–Crippen LogP) is 3.40. The van der Waals surface area contributed by atoms with Crippen molar-refractivity contribution in [3.8, 4) is 0 Å². The van der Waals surface area contributed by atoms with Crippen molar-refractivity contribution < 1.29 is 14.3 Å². The number of rotatable bonds is 19. The second-order valence-corrected chi connectivity index (χ2v) is 8.53. The van der Waals surface area contributed by atoms with Crippen molar-refractivity contribution in [3.05, 3.63) is 47.8 Å². The smallest absolute Gasteiger partial charge is 0.239 e. The zero-order valence-corrected chi connectivity index (χ0v) is 20.5. The van der Waals surface area contributed by atoms with E-state index in [1.165, 1.54) is 5.56 Å². The van der Waals surface area contributed by atoms with Crippen LogP contribution >= 0.6 is 0 Å². The fraction of sp³-hybridized carbons (Fsp3) is 0.615. The number of nitrogens with two attached hydrogens (primary N) is 1. The predicted molar refractivity (Wildman–Crippen MR) is 134 cm³/mol. The summed E-state index contributed by atoms with van der Waals surface area (Å²) >= 11 is 0. The molecule has 0 aliphatic heterocycles. The van der Waals surface area contributed by atoms with Crippen LogP contribution in [0.2, 0.25) is 0 Å². The number of nitrogens with one attached hydrogen (secondary N) is 3. The standard InChI is InChI=1S/C26H44N4O3/c1-3-4-16-28-19-24(27)21-33-17-12-7-5-6-11-15-25(31)29-20-26(32)30-22(2)18-23-13-9-8-10-14-23/h8-10,13-14,19,22,28H,3-7,11-12,15-18,20-21,27H2,1-2H3,(H,29,31)(H,30,32)/b24-19-. The zero-order valence-electron chi connectivity index (χ0n) is 20.5. The van der Waals surface area contributed by atoms with Gasteiger partial charge in [0.2, 0.25) is 11.8 Å². The Morgan fingerprint density at radius 1 is 1.03 bits per heavy atom. The lowest BCUT2D eigenvalue weighted by atomic mass is 10.1. The number of benzene rings is 1. The number of carbonyl (C=O) groups excluding carboxylic acids is 2. The molecule has 0 fully saturated rings.